The van der Waals surface area contributed by atoms with E-state index in [1.54, 1.807) is 4.57 Å². The molecule has 4 aromatic carbocycles. The van der Waals surface area contributed by atoms with Crippen LogP contribution in [0.3, 0.4) is 0 Å². The van der Waals surface area contributed by atoms with Crippen molar-refractivity contribution in [2.75, 3.05) is 0 Å². The standard InChI is InChI=1S/C29H25NO2/c1-29(2,3)32-28(31)30-26-18-22(20-10-6-4-7-11-20)14-16-24(26)25-17-15-23(19-27(25)30)21-12-8-5-9-13-21/h4-19H,1-3H3. The van der Waals surface area contributed by atoms with Gasteiger partial charge >= 0.3 is 6.09 Å². The lowest BCUT2D eigenvalue weighted by Gasteiger charge is -2.20. The molecular weight excluding hydrogens is 394 g/mol. The van der Waals surface area contributed by atoms with Gasteiger partial charge < -0.3 is 4.74 Å². The topological polar surface area (TPSA) is 31.2 Å². The zero-order valence-corrected chi connectivity index (χ0v) is 18.5. The fraction of sp³-hybridized carbons (Fsp3) is 0.138. The van der Waals surface area contributed by atoms with Crippen molar-refractivity contribution in [3.05, 3.63) is 97.1 Å². The Morgan fingerprint density at radius 2 is 1.06 bits per heavy atom. The highest BCUT2D eigenvalue weighted by molar-refractivity contribution is 6.14. The van der Waals surface area contributed by atoms with Gasteiger partial charge in [0.1, 0.15) is 5.60 Å². The predicted molar refractivity (Wildman–Crippen MR) is 132 cm³/mol. The summed E-state index contributed by atoms with van der Waals surface area (Å²) in [6.45, 7) is 5.68. The Morgan fingerprint density at radius 3 is 1.47 bits per heavy atom. The lowest BCUT2D eigenvalue weighted by Crippen LogP contribution is -2.27. The Morgan fingerprint density at radius 1 is 0.625 bits per heavy atom. The summed E-state index contributed by atoms with van der Waals surface area (Å²) in [5.74, 6) is 0. The van der Waals surface area contributed by atoms with E-state index in [9.17, 15) is 4.79 Å². The second-order valence-corrected chi connectivity index (χ2v) is 9.01. The maximum Gasteiger partial charge on any atom is 0.419 e. The Balaban J connectivity index is 1.78. The molecule has 0 aliphatic rings. The molecule has 0 bridgehead atoms. The van der Waals surface area contributed by atoms with E-state index in [2.05, 4.69) is 60.7 Å². The van der Waals surface area contributed by atoms with Crippen LogP contribution >= 0.6 is 0 Å². The first-order chi connectivity index (χ1) is 15.4. The lowest BCUT2D eigenvalue weighted by molar-refractivity contribution is 0.0551. The average Bonchev–Trinajstić information content (AvgIpc) is 3.12. The molecule has 0 aliphatic heterocycles. The van der Waals surface area contributed by atoms with Gasteiger partial charge in [0.05, 0.1) is 11.0 Å². The van der Waals surface area contributed by atoms with E-state index in [4.69, 9.17) is 4.74 Å². The van der Waals surface area contributed by atoms with Gasteiger partial charge in [-0.3, -0.25) is 0 Å². The highest BCUT2D eigenvalue weighted by atomic mass is 16.6. The van der Waals surface area contributed by atoms with Crippen LogP contribution in [0.1, 0.15) is 20.8 Å². The zero-order valence-electron chi connectivity index (χ0n) is 18.5. The fourth-order valence-corrected chi connectivity index (χ4v) is 4.14. The molecule has 0 aliphatic carbocycles. The molecule has 5 rings (SSSR count). The molecule has 0 N–H and O–H groups in total. The first-order valence-electron chi connectivity index (χ1n) is 10.8. The van der Waals surface area contributed by atoms with E-state index in [1.807, 2.05) is 57.2 Å². The number of hydrogen-bond acceptors (Lipinski definition) is 2. The smallest absolute Gasteiger partial charge is 0.419 e. The summed E-state index contributed by atoms with van der Waals surface area (Å²) in [5.41, 5.74) is 5.46. The van der Waals surface area contributed by atoms with Crippen LogP contribution in [0.2, 0.25) is 0 Å². The van der Waals surface area contributed by atoms with Crippen LogP contribution in [0.25, 0.3) is 44.1 Å². The monoisotopic (exact) mass is 419 g/mol. The Kier molecular flexibility index (Phi) is 4.82. The van der Waals surface area contributed by atoms with E-state index in [0.717, 1.165) is 44.1 Å². The summed E-state index contributed by atoms with van der Waals surface area (Å²) in [6.07, 6.45) is -0.368. The molecule has 158 valence electrons. The zero-order chi connectivity index (χ0) is 22.3. The van der Waals surface area contributed by atoms with Gasteiger partial charge in [0.2, 0.25) is 0 Å². The molecule has 0 spiro atoms. The third kappa shape index (κ3) is 3.67. The Hall–Kier alpha value is -3.85. The minimum absolute atomic E-state index is 0.368. The highest BCUT2D eigenvalue weighted by Crippen LogP contribution is 2.35. The number of fused-ring (bicyclic) bond motifs is 3. The molecule has 0 unspecified atom stereocenters. The van der Waals surface area contributed by atoms with Crippen LogP contribution in [0, 0.1) is 0 Å². The van der Waals surface area contributed by atoms with Crippen LogP contribution in [-0.4, -0.2) is 16.3 Å². The molecule has 3 heteroatoms. The van der Waals surface area contributed by atoms with Gasteiger partial charge in [-0.1, -0.05) is 84.9 Å². The SMILES string of the molecule is CC(C)(C)OC(=O)n1c2cc(-c3ccccc3)ccc2c2ccc(-c3ccccc3)cc21. The molecule has 5 aromatic rings. The van der Waals surface area contributed by atoms with Crippen molar-refractivity contribution in [3.8, 4) is 22.3 Å². The molecule has 0 fully saturated rings. The van der Waals surface area contributed by atoms with E-state index >= 15 is 0 Å². The Labute approximate surface area is 187 Å². The molecule has 32 heavy (non-hydrogen) atoms. The molecule has 1 heterocycles. The second kappa shape index (κ2) is 7.69. The van der Waals surface area contributed by atoms with Crippen molar-refractivity contribution in [1.29, 1.82) is 0 Å². The van der Waals surface area contributed by atoms with Crippen molar-refractivity contribution < 1.29 is 9.53 Å². The molecule has 3 nitrogen and oxygen atoms in total. The molecule has 0 atom stereocenters. The van der Waals surface area contributed by atoms with Crippen molar-refractivity contribution >= 4 is 27.9 Å². The van der Waals surface area contributed by atoms with Crippen molar-refractivity contribution in [3.63, 3.8) is 0 Å². The van der Waals surface area contributed by atoms with Gasteiger partial charge in [-0.25, -0.2) is 9.36 Å². The quantitative estimate of drug-likeness (QED) is 0.291. The number of ether oxygens (including phenoxy) is 1. The van der Waals surface area contributed by atoms with Gasteiger partial charge in [0, 0.05) is 10.8 Å². The molecular formula is C29H25NO2. The maximum absolute atomic E-state index is 13.4. The van der Waals surface area contributed by atoms with Crippen molar-refractivity contribution in [2.45, 2.75) is 26.4 Å². The normalized spacial score (nSPS) is 11.7. The number of aromatic nitrogens is 1. The number of carbonyl (C=O) groups excluding carboxylic acids is 1. The average molecular weight is 420 g/mol. The van der Waals surface area contributed by atoms with Gasteiger partial charge in [-0.05, 0) is 55.2 Å². The first-order valence-corrected chi connectivity index (χ1v) is 10.8. The van der Waals surface area contributed by atoms with Crippen LogP contribution in [0.4, 0.5) is 4.79 Å². The van der Waals surface area contributed by atoms with E-state index in [-0.39, 0.29) is 6.09 Å². The molecule has 1 aromatic heterocycles. The first kappa shape index (κ1) is 20.1. The minimum atomic E-state index is -0.589. The van der Waals surface area contributed by atoms with E-state index in [0.29, 0.717) is 0 Å². The summed E-state index contributed by atoms with van der Waals surface area (Å²) in [5, 5.41) is 2.07. The van der Waals surface area contributed by atoms with Gasteiger partial charge in [0.25, 0.3) is 0 Å². The highest BCUT2D eigenvalue weighted by Gasteiger charge is 2.23. The third-order valence-electron chi connectivity index (χ3n) is 5.56. The number of benzene rings is 4. The van der Waals surface area contributed by atoms with Crippen LogP contribution in [-0.2, 0) is 4.74 Å². The number of nitrogens with zero attached hydrogens (tertiary/aromatic N) is 1. The van der Waals surface area contributed by atoms with Crippen LogP contribution < -0.4 is 0 Å². The van der Waals surface area contributed by atoms with Gasteiger partial charge in [-0.15, -0.1) is 0 Å². The number of rotatable bonds is 2. The summed E-state index contributed by atoms with van der Waals surface area (Å²) < 4.78 is 7.53. The predicted octanol–water partition coefficient (Wildman–Crippen LogP) is 7.91. The van der Waals surface area contributed by atoms with Gasteiger partial charge in [-0.2, -0.15) is 0 Å². The van der Waals surface area contributed by atoms with Gasteiger partial charge in [0.15, 0.2) is 0 Å². The summed E-state index contributed by atoms with van der Waals surface area (Å²) in [4.78, 5) is 13.4. The minimum Gasteiger partial charge on any atom is -0.443 e. The number of hydrogen-bond donors (Lipinski definition) is 0. The lowest BCUT2D eigenvalue weighted by atomic mass is 10.0. The summed E-state index contributed by atoms with van der Waals surface area (Å²) >= 11 is 0. The molecule has 0 saturated carbocycles. The molecule has 0 radical (unpaired) electrons. The Bertz CT molecular complexity index is 1330. The molecule has 0 saturated heterocycles. The second-order valence-electron chi connectivity index (χ2n) is 9.01. The van der Waals surface area contributed by atoms with Crippen LogP contribution in [0.15, 0.2) is 97.1 Å². The number of carbonyl (C=O) groups is 1. The fourth-order valence-electron chi connectivity index (χ4n) is 4.14. The molecule has 0 amide bonds. The van der Waals surface area contributed by atoms with Crippen molar-refractivity contribution in [1.82, 2.24) is 4.57 Å². The third-order valence-corrected chi connectivity index (χ3v) is 5.56. The summed E-state index contributed by atoms with van der Waals surface area (Å²) in [6, 6.07) is 33.0. The van der Waals surface area contributed by atoms with E-state index < -0.39 is 5.60 Å². The van der Waals surface area contributed by atoms with Crippen molar-refractivity contribution in [2.24, 2.45) is 0 Å². The van der Waals surface area contributed by atoms with Crippen LogP contribution in [0.5, 0.6) is 0 Å². The maximum atomic E-state index is 13.4. The largest absolute Gasteiger partial charge is 0.443 e. The van der Waals surface area contributed by atoms with E-state index in [1.165, 1.54) is 0 Å². The summed E-state index contributed by atoms with van der Waals surface area (Å²) in [7, 11) is 0.